The van der Waals surface area contributed by atoms with E-state index < -0.39 is 11.9 Å². The van der Waals surface area contributed by atoms with Gasteiger partial charge in [0.2, 0.25) is 5.91 Å². The van der Waals surface area contributed by atoms with E-state index >= 15 is 0 Å². The number of fused-ring (bicyclic) bond motifs is 1. The van der Waals surface area contributed by atoms with E-state index in [1.54, 1.807) is 11.3 Å². The fourth-order valence-electron chi connectivity index (χ4n) is 3.86. The van der Waals surface area contributed by atoms with E-state index in [1.165, 1.54) is 10.4 Å². The quantitative estimate of drug-likeness (QED) is 0.933. The minimum atomic E-state index is -0.813. The molecule has 0 bridgehead atoms. The summed E-state index contributed by atoms with van der Waals surface area (Å²) in [6.45, 7) is 2.83. The summed E-state index contributed by atoms with van der Waals surface area (Å²) in [4.78, 5) is 27.5. The van der Waals surface area contributed by atoms with Gasteiger partial charge in [-0.15, -0.1) is 11.3 Å². The molecule has 3 atom stereocenters. The summed E-state index contributed by atoms with van der Waals surface area (Å²) in [5.74, 6) is -1.56. The lowest BCUT2D eigenvalue weighted by Crippen LogP contribution is -2.44. The van der Waals surface area contributed by atoms with Crippen molar-refractivity contribution in [1.82, 2.24) is 4.90 Å². The van der Waals surface area contributed by atoms with Crippen molar-refractivity contribution in [2.24, 2.45) is 11.8 Å². The second-order valence-electron chi connectivity index (χ2n) is 5.99. The minimum Gasteiger partial charge on any atom is -0.481 e. The van der Waals surface area contributed by atoms with Crippen LogP contribution in [0.1, 0.15) is 49.1 Å². The van der Waals surface area contributed by atoms with Gasteiger partial charge in [-0.25, -0.2) is 0 Å². The molecule has 0 spiro atoms. The first-order valence-corrected chi connectivity index (χ1v) is 8.61. The smallest absolute Gasteiger partial charge is 0.307 e. The summed E-state index contributed by atoms with van der Waals surface area (Å²) < 4.78 is 0. The number of carboxylic acids is 1. The van der Waals surface area contributed by atoms with E-state index in [1.807, 2.05) is 4.90 Å². The van der Waals surface area contributed by atoms with Gasteiger partial charge in [0.1, 0.15) is 0 Å². The van der Waals surface area contributed by atoms with Crippen molar-refractivity contribution in [3.05, 3.63) is 21.9 Å². The Bertz CT molecular complexity index is 553. The molecule has 1 saturated carbocycles. The molecule has 1 aromatic rings. The number of amides is 1. The van der Waals surface area contributed by atoms with Crippen molar-refractivity contribution >= 4 is 23.2 Å². The summed E-state index contributed by atoms with van der Waals surface area (Å²) in [6, 6.07) is 2.25. The first-order valence-electron chi connectivity index (χ1n) is 7.73. The van der Waals surface area contributed by atoms with Crippen molar-refractivity contribution in [2.75, 3.05) is 6.54 Å². The summed E-state index contributed by atoms with van der Waals surface area (Å²) >= 11 is 1.76. The molecule has 1 aromatic heterocycles. The maximum Gasteiger partial charge on any atom is 0.307 e. The Kier molecular flexibility index (Phi) is 4.02. The van der Waals surface area contributed by atoms with Gasteiger partial charge in [-0.3, -0.25) is 9.59 Å². The number of hydrogen-bond donors (Lipinski definition) is 1. The van der Waals surface area contributed by atoms with Crippen LogP contribution in [0.5, 0.6) is 0 Å². The number of carboxylic acid groups (broad SMARTS) is 1. The summed E-state index contributed by atoms with van der Waals surface area (Å²) in [7, 11) is 0. The standard InChI is InChI=1S/C16H21NO3S/c1-2-13-12-7-9-21-14(12)6-8-17(13)15(18)10-4-3-5-11(10)16(19)20/h7,9-11,13H,2-6,8H2,1H3,(H,19,20)/t10-,11+,13?/m1/s1. The van der Waals surface area contributed by atoms with Crippen molar-refractivity contribution in [1.29, 1.82) is 0 Å². The van der Waals surface area contributed by atoms with Gasteiger partial charge in [-0.1, -0.05) is 13.3 Å². The average molecular weight is 307 g/mol. The highest BCUT2D eigenvalue weighted by molar-refractivity contribution is 7.10. The van der Waals surface area contributed by atoms with E-state index in [2.05, 4.69) is 18.4 Å². The molecule has 114 valence electrons. The highest BCUT2D eigenvalue weighted by Crippen LogP contribution is 2.39. The van der Waals surface area contributed by atoms with E-state index in [4.69, 9.17) is 0 Å². The third-order valence-corrected chi connectivity index (χ3v) is 5.91. The highest BCUT2D eigenvalue weighted by atomic mass is 32.1. The molecule has 1 aliphatic carbocycles. The van der Waals surface area contributed by atoms with Crippen LogP contribution in [0.2, 0.25) is 0 Å². The van der Waals surface area contributed by atoms with Crippen molar-refractivity contribution in [3.8, 4) is 0 Å². The topological polar surface area (TPSA) is 57.6 Å². The molecule has 1 fully saturated rings. The lowest BCUT2D eigenvalue weighted by Gasteiger charge is -2.37. The predicted molar refractivity (Wildman–Crippen MR) is 81.2 cm³/mol. The van der Waals surface area contributed by atoms with Gasteiger partial charge in [0.05, 0.1) is 17.9 Å². The van der Waals surface area contributed by atoms with Gasteiger partial charge in [0.25, 0.3) is 0 Å². The van der Waals surface area contributed by atoms with Gasteiger partial charge >= 0.3 is 5.97 Å². The Morgan fingerprint density at radius 1 is 1.38 bits per heavy atom. The van der Waals surface area contributed by atoms with Crippen LogP contribution in [0.15, 0.2) is 11.4 Å². The van der Waals surface area contributed by atoms with Crippen LogP contribution in [0.4, 0.5) is 0 Å². The van der Waals surface area contributed by atoms with E-state index in [0.717, 1.165) is 32.2 Å². The first kappa shape index (κ1) is 14.6. The fraction of sp³-hybridized carbons (Fsp3) is 0.625. The monoisotopic (exact) mass is 307 g/mol. The highest BCUT2D eigenvalue weighted by Gasteiger charge is 2.42. The molecule has 1 N–H and O–H groups in total. The zero-order chi connectivity index (χ0) is 15.0. The number of rotatable bonds is 3. The Balaban J connectivity index is 1.83. The van der Waals surface area contributed by atoms with Crippen molar-refractivity contribution in [2.45, 2.75) is 45.1 Å². The maximum atomic E-state index is 12.9. The van der Waals surface area contributed by atoms with Crippen molar-refractivity contribution in [3.63, 3.8) is 0 Å². The number of carbonyl (C=O) groups excluding carboxylic acids is 1. The van der Waals surface area contributed by atoms with Crippen LogP contribution in [-0.4, -0.2) is 28.4 Å². The summed E-state index contributed by atoms with van der Waals surface area (Å²) in [5, 5.41) is 11.4. The van der Waals surface area contributed by atoms with Crippen LogP contribution < -0.4 is 0 Å². The minimum absolute atomic E-state index is 0.0589. The molecule has 1 aliphatic heterocycles. The maximum absolute atomic E-state index is 12.9. The molecular weight excluding hydrogens is 286 g/mol. The van der Waals surface area contributed by atoms with Crippen LogP contribution in [-0.2, 0) is 16.0 Å². The van der Waals surface area contributed by atoms with Gasteiger partial charge in [0, 0.05) is 11.4 Å². The second-order valence-corrected chi connectivity index (χ2v) is 6.99. The van der Waals surface area contributed by atoms with E-state index in [-0.39, 0.29) is 17.9 Å². The zero-order valence-electron chi connectivity index (χ0n) is 12.2. The number of aliphatic carboxylic acids is 1. The molecule has 4 nitrogen and oxygen atoms in total. The van der Waals surface area contributed by atoms with Crippen LogP contribution in [0.3, 0.4) is 0 Å². The molecule has 5 heteroatoms. The Morgan fingerprint density at radius 2 is 2.14 bits per heavy atom. The number of thiophene rings is 1. The third-order valence-electron chi connectivity index (χ3n) is 4.91. The largest absolute Gasteiger partial charge is 0.481 e. The summed E-state index contributed by atoms with van der Waals surface area (Å²) in [5.41, 5.74) is 1.27. The van der Waals surface area contributed by atoms with Gasteiger partial charge < -0.3 is 10.0 Å². The van der Waals surface area contributed by atoms with E-state index in [0.29, 0.717) is 6.42 Å². The predicted octanol–water partition coefficient (Wildman–Crippen LogP) is 3.08. The molecular formula is C16H21NO3S. The Hall–Kier alpha value is -1.36. The Morgan fingerprint density at radius 3 is 2.86 bits per heavy atom. The number of carbonyl (C=O) groups is 2. The molecule has 3 rings (SSSR count). The molecule has 2 aliphatic rings. The third kappa shape index (κ3) is 2.48. The average Bonchev–Trinajstić information content (AvgIpc) is 3.13. The number of nitrogens with zero attached hydrogens (tertiary/aromatic N) is 1. The first-order chi connectivity index (χ1) is 10.1. The van der Waals surface area contributed by atoms with Crippen LogP contribution >= 0.6 is 11.3 Å². The molecule has 1 unspecified atom stereocenters. The van der Waals surface area contributed by atoms with E-state index in [9.17, 15) is 14.7 Å². The van der Waals surface area contributed by atoms with Crippen molar-refractivity contribution < 1.29 is 14.7 Å². The molecule has 2 heterocycles. The van der Waals surface area contributed by atoms with Gasteiger partial charge in [-0.2, -0.15) is 0 Å². The lowest BCUT2D eigenvalue weighted by molar-refractivity contribution is -0.150. The molecule has 21 heavy (non-hydrogen) atoms. The fourth-order valence-corrected chi connectivity index (χ4v) is 4.79. The van der Waals surface area contributed by atoms with Gasteiger partial charge in [-0.05, 0) is 42.7 Å². The molecule has 0 saturated heterocycles. The SMILES string of the molecule is CCC1c2ccsc2CCN1C(=O)[C@@H]1CCC[C@@H]1C(=O)O. The second kappa shape index (κ2) is 5.79. The lowest BCUT2D eigenvalue weighted by atomic mass is 9.91. The van der Waals surface area contributed by atoms with Crippen LogP contribution in [0, 0.1) is 11.8 Å². The molecule has 1 amide bonds. The molecule has 0 aromatic carbocycles. The number of hydrogen-bond acceptors (Lipinski definition) is 3. The zero-order valence-corrected chi connectivity index (χ0v) is 13.1. The summed E-state index contributed by atoms with van der Waals surface area (Å²) in [6.07, 6.45) is 4.00. The molecule has 0 radical (unpaired) electrons. The Labute approximate surface area is 128 Å². The van der Waals surface area contributed by atoms with Gasteiger partial charge in [0.15, 0.2) is 0 Å². The van der Waals surface area contributed by atoms with Crippen LogP contribution in [0.25, 0.3) is 0 Å². The normalized spacial score (nSPS) is 28.4.